The molecule has 1 aromatic rings. The molecule has 1 aliphatic heterocycles. The molecule has 0 N–H and O–H groups in total. The van der Waals surface area contributed by atoms with Crippen molar-refractivity contribution in [2.75, 3.05) is 0 Å². The van der Waals surface area contributed by atoms with E-state index in [4.69, 9.17) is 4.74 Å². The molecule has 2 aliphatic rings. The average Bonchev–Trinajstić information content (AvgIpc) is 2.34. The Hall–Kier alpha value is -0.830. The lowest BCUT2D eigenvalue weighted by atomic mass is 9.65. The van der Waals surface area contributed by atoms with Crippen LogP contribution in [0.25, 0.3) is 0 Å². The van der Waals surface area contributed by atoms with Gasteiger partial charge >= 0.3 is 5.97 Å². The lowest BCUT2D eigenvalue weighted by Crippen LogP contribution is -2.63. The number of alkyl halides is 1. The lowest BCUT2D eigenvalue weighted by Gasteiger charge is -2.52. The van der Waals surface area contributed by atoms with Crippen LogP contribution >= 0.6 is 15.9 Å². The Morgan fingerprint density at radius 2 is 2.12 bits per heavy atom. The first-order valence-corrected chi connectivity index (χ1v) is 7.03. The van der Waals surface area contributed by atoms with Crippen molar-refractivity contribution in [1.29, 1.82) is 0 Å². The minimum atomic E-state index is -0.256. The molecule has 0 aromatic heterocycles. The summed E-state index contributed by atoms with van der Waals surface area (Å²) in [6, 6.07) is 10.2. The van der Waals surface area contributed by atoms with Crippen LogP contribution in [0.2, 0.25) is 0 Å². The highest BCUT2D eigenvalue weighted by atomic mass is 79.9. The van der Waals surface area contributed by atoms with Crippen LogP contribution in [-0.4, -0.2) is 16.9 Å². The summed E-state index contributed by atoms with van der Waals surface area (Å²) in [5.41, 5.74) is 0.976. The van der Waals surface area contributed by atoms with Crippen molar-refractivity contribution in [2.45, 2.75) is 36.6 Å². The second kappa shape index (κ2) is 4.13. The van der Waals surface area contributed by atoms with E-state index in [0.29, 0.717) is 4.83 Å². The summed E-state index contributed by atoms with van der Waals surface area (Å²) in [5.74, 6) is -0.00416. The Morgan fingerprint density at radius 3 is 2.82 bits per heavy atom. The molecule has 1 heterocycles. The van der Waals surface area contributed by atoms with Crippen molar-refractivity contribution in [3.8, 4) is 0 Å². The molecular weight excluding hydrogens is 280 g/mol. The van der Waals surface area contributed by atoms with Crippen LogP contribution in [0, 0.1) is 5.41 Å². The fourth-order valence-corrected chi connectivity index (χ4v) is 3.99. The molecule has 2 fully saturated rings. The van der Waals surface area contributed by atoms with Gasteiger partial charge in [-0.1, -0.05) is 52.7 Å². The Morgan fingerprint density at radius 1 is 1.35 bits per heavy atom. The molecule has 1 aliphatic carbocycles. The maximum absolute atomic E-state index is 11.9. The van der Waals surface area contributed by atoms with Gasteiger partial charge in [0.25, 0.3) is 0 Å². The number of fused-ring (bicyclic) bond motifs is 1. The number of hydrogen-bond donors (Lipinski definition) is 0. The normalized spacial score (nSPS) is 35.7. The van der Waals surface area contributed by atoms with Crippen LogP contribution in [0.15, 0.2) is 30.3 Å². The van der Waals surface area contributed by atoms with Crippen molar-refractivity contribution in [3.63, 3.8) is 0 Å². The molecule has 0 amide bonds. The Kier molecular flexibility index (Phi) is 2.74. The highest BCUT2D eigenvalue weighted by molar-refractivity contribution is 9.09. The highest BCUT2D eigenvalue weighted by Crippen LogP contribution is 2.51. The largest absolute Gasteiger partial charge is 0.459 e. The van der Waals surface area contributed by atoms with E-state index in [1.54, 1.807) is 0 Å². The van der Waals surface area contributed by atoms with Gasteiger partial charge in [-0.3, -0.25) is 4.79 Å². The number of hydrogen-bond acceptors (Lipinski definition) is 2. The molecule has 0 radical (unpaired) electrons. The summed E-state index contributed by atoms with van der Waals surface area (Å²) in [6.07, 6.45) is 4.07. The number of ether oxygens (including phenoxy) is 1. The highest BCUT2D eigenvalue weighted by Gasteiger charge is 2.61. The van der Waals surface area contributed by atoms with Gasteiger partial charge in [-0.25, -0.2) is 0 Å². The number of halogens is 1. The van der Waals surface area contributed by atoms with Gasteiger partial charge in [-0.2, -0.15) is 0 Å². The quantitative estimate of drug-likeness (QED) is 0.619. The van der Waals surface area contributed by atoms with E-state index in [2.05, 4.69) is 28.1 Å². The van der Waals surface area contributed by atoms with E-state index in [1.165, 1.54) is 5.56 Å². The topological polar surface area (TPSA) is 26.3 Å². The molecular formula is C14H15BrO2. The van der Waals surface area contributed by atoms with Crippen molar-refractivity contribution in [1.82, 2.24) is 0 Å². The molecule has 2 nitrogen and oxygen atoms in total. The lowest BCUT2D eigenvalue weighted by molar-refractivity contribution is -0.212. The monoisotopic (exact) mass is 294 g/mol. The third kappa shape index (κ3) is 1.71. The Labute approximate surface area is 109 Å². The van der Waals surface area contributed by atoms with Crippen LogP contribution in [0.4, 0.5) is 0 Å². The maximum Gasteiger partial charge on any atom is 0.316 e. The number of benzene rings is 1. The molecule has 0 spiro atoms. The van der Waals surface area contributed by atoms with Crippen LogP contribution in [0.1, 0.15) is 24.8 Å². The zero-order valence-corrected chi connectivity index (χ0v) is 11.2. The fraction of sp³-hybridized carbons (Fsp3) is 0.500. The van der Waals surface area contributed by atoms with Gasteiger partial charge in [0.1, 0.15) is 11.5 Å². The van der Waals surface area contributed by atoms with Crippen molar-refractivity contribution < 1.29 is 9.53 Å². The minimum absolute atomic E-state index is 0.00416. The SMILES string of the molecule is O=C1O[C@@H]2[C@@H](Br)CCC[C@]12Cc1ccccc1. The molecule has 3 atom stereocenters. The number of carbonyl (C=O) groups is 1. The molecule has 17 heavy (non-hydrogen) atoms. The smallest absolute Gasteiger partial charge is 0.316 e. The Balaban J connectivity index is 1.86. The summed E-state index contributed by atoms with van der Waals surface area (Å²) >= 11 is 3.64. The molecule has 0 bridgehead atoms. The van der Waals surface area contributed by atoms with Crippen molar-refractivity contribution >= 4 is 21.9 Å². The fourth-order valence-electron chi connectivity index (χ4n) is 3.05. The summed E-state index contributed by atoms with van der Waals surface area (Å²) in [4.78, 5) is 12.2. The van der Waals surface area contributed by atoms with Crippen LogP contribution in [0.3, 0.4) is 0 Å². The van der Waals surface area contributed by atoms with Gasteiger partial charge in [0.05, 0.1) is 4.83 Å². The molecule has 90 valence electrons. The van der Waals surface area contributed by atoms with E-state index in [0.717, 1.165) is 25.7 Å². The predicted molar refractivity (Wildman–Crippen MR) is 69.0 cm³/mol. The molecule has 3 heteroatoms. The molecule has 1 saturated heterocycles. The first-order valence-electron chi connectivity index (χ1n) is 6.11. The number of esters is 1. The van der Waals surface area contributed by atoms with Gasteiger partial charge in [-0.15, -0.1) is 0 Å². The van der Waals surface area contributed by atoms with Crippen molar-refractivity contribution in [3.05, 3.63) is 35.9 Å². The third-order valence-corrected chi connectivity index (χ3v) is 4.92. The van der Waals surface area contributed by atoms with E-state index in [1.807, 2.05) is 18.2 Å². The van der Waals surface area contributed by atoms with Crippen LogP contribution in [-0.2, 0) is 16.0 Å². The van der Waals surface area contributed by atoms with Crippen LogP contribution in [0.5, 0.6) is 0 Å². The number of rotatable bonds is 2. The first-order chi connectivity index (χ1) is 8.22. The molecule has 1 saturated carbocycles. The zero-order valence-electron chi connectivity index (χ0n) is 9.56. The zero-order chi connectivity index (χ0) is 11.9. The van der Waals surface area contributed by atoms with Gasteiger partial charge < -0.3 is 4.74 Å². The average molecular weight is 295 g/mol. The van der Waals surface area contributed by atoms with E-state index in [9.17, 15) is 4.79 Å². The second-order valence-electron chi connectivity index (χ2n) is 5.05. The first kappa shape index (κ1) is 11.3. The van der Waals surface area contributed by atoms with Gasteiger partial charge in [0.2, 0.25) is 0 Å². The molecule has 0 unspecified atom stereocenters. The van der Waals surface area contributed by atoms with Gasteiger partial charge in [-0.05, 0) is 24.8 Å². The summed E-state index contributed by atoms with van der Waals surface area (Å²) in [7, 11) is 0. The van der Waals surface area contributed by atoms with E-state index >= 15 is 0 Å². The molecule has 1 aromatic carbocycles. The van der Waals surface area contributed by atoms with Gasteiger partial charge in [0.15, 0.2) is 0 Å². The van der Waals surface area contributed by atoms with Crippen molar-refractivity contribution in [2.24, 2.45) is 5.41 Å². The standard InChI is InChI=1S/C14H15BrO2/c15-11-7-4-8-14(12(11)17-13(14)16)9-10-5-2-1-3-6-10/h1-3,5-6,11-12H,4,7-9H2/t11-,12+,14+/m0/s1. The molecule has 3 rings (SSSR count). The Bertz CT molecular complexity index is 431. The van der Waals surface area contributed by atoms with E-state index < -0.39 is 0 Å². The van der Waals surface area contributed by atoms with Crippen LogP contribution < -0.4 is 0 Å². The maximum atomic E-state index is 11.9. The predicted octanol–water partition coefficient (Wildman–Crippen LogP) is 3.09. The number of carbonyl (C=O) groups excluding carboxylic acids is 1. The third-order valence-electron chi connectivity index (χ3n) is 3.98. The van der Waals surface area contributed by atoms with Gasteiger partial charge in [0, 0.05) is 0 Å². The minimum Gasteiger partial charge on any atom is -0.459 e. The summed E-state index contributed by atoms with van der Waals surface area (Å²) < 4.78 is 5.35. The second-order valence-corrected chi connectivity index (χ2v) is 6.23. The summed E-state index contributed by atoms with van der Waals surface area (Å²) in [5, 5.41) is 0. The van der Waals surface area contributed by atoms with E-state index in [-0.39, 0.29) is 17.5 Å². The summed E-state index contributed by atoms with van der Waals surface area (Å²) in [6.45, 7) is 0.